The van der Waals surface area contributed by atoms with Gasteiger partial charge in [-0.1, -0.05) is 66.5 Å². The van der Waals surface area contributed by atoms with Gasteiger partial charge in [-0.2, -0.15) is 0 Å². The first kappa shape index (κ1) is 21.0. The van der Waals surface area contributed by atoms with Crippen molar-refractivity contribution in [2.45, 2.75) is 106 Å². The molecule has 0 aromatic carbocycles. The molecule has 0 aromatic heterocycles. The Labute approximate surface area is 176 Å². The lowest BCUT2D eigenvalue weighted by Crippen LogP contribution is -2.53. The first-order chi connectivity index (χ1) is 13.3. The lowest BCUT2D eigenvalue weighted by molar-refractivity contribution is -0.112. The number of hydrogen-bond donors (Lipinski definition) is 0. The molecule has 4 rings (SSSR count). The Morgan fingerprint density at radius 2 is 1.46 bits per heavy atom. The van der Waals surface area contributed by atoms with Crippen LogP contribution >= 0.6 is 0 Å². The summed E-state index contributed by atoms with van der Waals surface area (Å²) in [5.41, 5.74) is 1.31. The average Bonchev–Trinajstić information content (AvgIpc) is 3.02. The number of fused-ring (bicyclic) bond motifs is 5. The molecule has 4 saturated carbocycles. The third-order valence-corrected chi connectivity index (χ3v) is 11.1. The van der Waals surface area contributed by atoms with Crippen molar-refractivity contribution in [1.29, 1.82) is 0 Å². The fraction of sp³-hybridized carbons (Fsp3) is 0.929. The summed E-state index contributed by atoms with van der Waals surface area (Å²) in [6, 6.07) is 0. The van der Waals surface area contributed by atoms with Crippen LogP contribution in [0.4, 0.5) is 0 Å². The number of allylic oxidation sites excluding steroid dienone is 2. The van der Waals surface area contributed by atoms with Crippen molar-refractivity contribution in [1.82, 2.24) is 0 Å². The molecule has 0 aromatic rings. The Kier molecular flexibility index (Phi) is 5.83. The van der Waals surface area contributed by atoms with Gasteiger partial charge in [0, 0.05) is 0 Å². The third kappa shape index (κ3) is 3.33. The quantitative estimate of drug-likeness (QED) is 0.426. The van der Waals surface area contributed by atoms with Crippen LogP contribution in [0.15, 0.2) is 12.2 Å². The maximum atomic E-state index is 2.72. The summed E-state index contributed by atoms with van der Waals surface area (Å²) >= 11 is 0. The highest BCUT2D eigenvalue weighted by molar-refractivity contribution is 5.11. The van der Waals surface area contributed by atoms with Crippen molar-refractivity contribution >= 4 is 0 Å². The molecule has 0 nitrogen and oxygen atoms in total. The van der Waals surface area contributed by atoms with Gasteiger partial charge in [0.15, 0.2) is 0 Å². The minimum absolute atomic E-state index is 0.615. The first-order valence-electron chi connectivity index (χ1n) is 13.0. The molecule has 0 spiro atoms. The second-order valence-electron chi connectivity index (χ2n) is 12.5. The highest BCUT2D eigenvalue weighted by Crippen LogP contribution is 2.68. The maximum absolute atomic E-state index is 2.72. The Morgan fingerprint density at radius 1 is 0.714 bits per heavy atom. The van der Waals surface area contributed by atoms with Crippen LogP contribution in [0.2, 0.25) is 0 Å². The van der Waals surface area contributed by atoms with Crippen molar-refractivity contribution in [3.05, 3.63) is 12.2 Å². The van der Waals surface area contributed by atoms with Crippen molar-refractivity contribution in [3.8, 4) is 0 Å². The van der Waals surface area contributed by atoms with Crippen molar-refractivity contribution < 1.29 is 0 Å². The Balaban J connectivity index is 1.50. The molecule has 0 radical (unpaired) electrons. The van der Waals surface area contributed by atoms with E-state index < -0.39 is 0 Å². The molecular weight excluding hydrogens is 336 g/mol. The molecule has 0 heteroatoms. The molecule has 9 atom stereocenters. The predicted octanol–water partition coefficient (Wildman–Crippen LogP) is 8.52. The molecule has 0 bridgehead atoms. The van der Waals surface area contributed by atoms with Crippen LogP contribution in [-0.4, -0.2) is 0 Å². The summed E-state index contributed by atoms with van der Waals surface area (Å²) < 4.78 is 0. The zero-order valence-corrected chi connectivity index (χ0v) is 19.8. The van der Waals surface area contributed by atoms with Crippen LogP contribution in [0.1, 0.15) is 106 Å². The lowest BCUT2D eigenvalue weighted by Gasteiger charge is -2.60. The number of rotatable bonds is 4. The summed E-state index contributed by atoms with van der Waals surface area (Å²) in [7, 11) is 0. The van der Waals surface area contributed by atoms with E-state index in [2.05, 4.69) is 53.7 Å². The maximum Gasteiger partial charge on any atom is -0.0228 e. The normalized spacial score (nSPS) is 48.2. The molecule has 0 aliphatic heterocycles. The van der Waals surface area contributed by atoms with Gasteiger partial charge in [0.1, 0.15) is 0 Å². The molecule has 0 amide bonds. The average molecular weight is 385 g/mol. The summed E-state index contributed by atoms with van der Waals surface area (Å²) in [5.74, 6) is 7.34. The van der Waals surface area contributed by atoms with Crippen LogP contribution in [0, 0.1) is 58.2 Å². The van der Waals surface area contributed by atoms with Gasteiger partial charge in [-0.15, -0.1) is 0 Å². The SMILES string of the molecule is CC(C)[C@@H](C)C=C[C@@H](C)[C@H]1CC[C@H]2[C@@H]3CCC4CCCC[C@]4(C)[C@H]3CC[C@]12C. The zero-order valence-electron chi connectivity index (χ0n) is 19.8. The minimum Gasteiger partial charge on any atom is -0.0852 e. The Morgan fingerprint density at radius 3 is 2.21 bits per heavy atom. The Hall–Kier alpha value is -0.260. The van der Waals surface area contributed by atoms with E-state index in [4.69, 9.17) is 0 Å². The van der Waals surface area contributed by atoms with Crippen molar-refractivity contribution in [2.24, 2.45) is 58.2 Å². The van der Waals surface area contributed by atoms with Crippen molar-refractivity contribution in [2.75, 3.05) is 0 Å². The smallest absolute Gasteiger partial charge is 0.0228 e. The van der Waals surface area contributed by atoms with Crippen LogP contribution in [0.5, 0.6) is 0 Å². The molecule has 4 aliphatic rings. The van der Waals surface area contributed by atoms with Crippen LogP contribution in [0.3, 0.4) is 0 Å². The molecule has 4 fully saturated rings. The fourth-order valence-electron chi connectivity index (χ4n) is 8.91. The standard InChI is InChI=1S/C28H48/c1-19(2)20(3)10-11-21(4)24-14-15-25-23-13-12-22-9-7-8-17-27(22,5)26(23)16-18-28(24,25)6/h10-11,19-26H,7-9,12-18H2,1-6H3/t20-,21+,22?,23-,24+,25-,26-,27-,28+/m0/s1. The van der Waals surface area contributed by atoms with E-state index >= 15 is 0 Å². The molecule has 0 N–H and O–H groups in total. The molecule has 0 saturated heterocycles. The molecule has 160 valence electrons. The predicted molar refractivity (Wildman–Crippen MR) is 122 cm³/mol. The van der Waals surface area contributed by atoms with Gasteiger partial charge < -0.3 is 0 Å². The van der Waals surface area contributed by atoms with Gasteiger partial charge in [0.05, 0.1) is 0 Å². The highest BCUT2D eigenvalue weighted by Gasteiger charge is 2.59. The minimum atomic E-state index is 0.615. The molecule has 0 heterocycles. The number of hydrogen-bond acceptors (Lipinski definition) is 0. The monoisotopic (exact) mass is 384 g/mol. The zero-order chi connectivity index (χ0) is 20.1. The van der Waals surface area contributed by atoms with E-state index in [0.29, 0.717) is 16.7 Å². The third-order valence-electron chi connectivity index (χ3n) is 11.1. The van der Waals surface area contributed by atoms with Crippen LogP contribution in [-0.2, 0) is 0 Å². The Bertz CT molecular complexity index is 573. The van der Waals surface area contributed by atoms with E-state index in [-0.39, 0.29) is 0 Å². The molecule has 28 heavy (non-hydrogen) atoms. The topological polar surface area (TPSA) is 0 Å². The van der Waals surface area contributed by atoms with E-state index in [1.807, 2.05) is 0 Å². The van der Waals surface area contributed by atoms with Crippen LogP contribution in [0.25, 0.3) is 0 Å². The van der Waals surface area contributed by atoms with Crippen LogP contribution < -0.4 is 0 Å². The van der Waals surface area contributed by atoms with Gasteiger partial charge in [-0.05, 0) is 110 Å². The van der Waals surface area contributed by atoms with Gasteiger partial charge in [-0.3, -0.25) is 0 Å². The lowest BCUT2D eigenvalue weighted by atomic mass is 9.44. The summed E-state index contributed by atoms with van der Waals surface area (Å²) in [5, 5.41) is 0. The molecular formula is C28H48. The van der Waals surface area contributed by atoms with E-state index in [0.717, 1.165) is 41.4 Å². The van der Waals surface area contributed by atoms with Gasteiger partial charge in [0.2, 0.25) is 0 Å². The first-order valence-corrected chi connectivity index (χ1v) is 13.0. The van der Waals surface area contributed by atoms with E-state index in [1.165, 1.54) is 38.5 Å². The summed E-state index contributed by atoms with van der Waals surface area (Å²) in [4.78, 5) is 0. The molecule has 4 aliphatic carbocycles. The molecule has 1 unspecified atom stereocenters. The van der Waals surface area contributed by atoms with Crippen molar-refractivity contribution in [3.63, 3.8) is 0 Å². The van der Waals surface area contributed by atoms with Gasteiger partial charge in [-0.25, -0.2) is 0 Å². The van der Waals surface area contributed by atoms with E-state index in [1.54, 1.807) is 25.7 Å². The van der Waals surface area contributed by atoms with Gasteiger partial charge in [0.25, 0.3) is 0 Å². The largest absolute Gasteiger partial charge is 0.0852 e. The highest BCUT2D eigenvalue weighted by atomic mass is 14.6. The second-order valence-corrected chi connectivity index (χ2v) is 12.5. The summed E-state index contributed by atoms with van der Waals surface area (Å²) in [6.07, 6.45) is 20.4. The fourth-order valence-corrected chi connectivity index (χ4v) is 8.91. The second kappa shape index (κ2) is 7.77. The summed E-state index contributed by atoms with van der Waals surface area (Å²) in [6.45, 7) is 15.1. The van der Waals surface area contributed by atoms with Gasteiger partial charge >= 0.3 is 0 Å². The van der Waals surface area contributed by atoms with E-state index in [9.17, 15) is 0 Å².